The van der Waals surface area contributed by atoms with Crippen LogP contribution in [0.15, 0.2) is 54.6 Å². The summed E-state index contributed by atoms with van der Waals surface area (Å²) in [5.74, 6) is 1.11. The minimum absolute atomic E-state index is 0.0611. The standard InChI is InChI=1S/C39H48Cl2N2O7/c1-26-19-35(40)38(36(41)20-26)50-18-17-49-31-11-7-29(8-12-31)33-13-14-42-24-34(33)39(46)43(30-9-10-30)25-28-21-27(5-3-15-47-2)22-32(23-28)48-16-4-6-37(44)45/h7-8,11-12,19-23,30,33-34,42H,3-6,9-10,13-18,24-25H2,1-2H3,(H,44,45)/t33-,34+/m1/s1. The molecule has 0 radical (unpaired) electrons. The summed E-state index contributed by atoms with van der Waals surface area (Å²) in [5.41, 5.74) is 4.23. The van der Waals surface area contributed by atoms with Gasteiger partial charge in [0.05, 0.1) is 22.6 Å². The van der Waals surface area contributed by atoms with Crippen LogP contribution in [-0.4, -0.2) is 74.6 Å². The van der Waals surface area contributed by atoms with Crippen LogP contribution in [0.25, 0.3) is 0 Å². The van der Waals surface area contributed by atoms with Crippen LogP contribution in [0.1, 0.15) is 66.7 Å². The molecule has 1 aliphatic heterocycles. The maximum Gasteiger partial charge on any atom is 0.303 e. The van der Waals surface area contributed by atoms with Gasteiger partial charge in [-0.15, -0.1) is 0 Å². The Kier molecular flexibility index (Phi) is 14.1. The molecule has 2 N–H and O–H groups in total. The van der Waals surface area contributed by atoms with Crippen molar-refractivity contribution in [1.29, 1.82) is 0 Å². The fourth-order valence-corrected chi connectivity index (χ4v) is 7.23. The van der Waals surface area contributed by atoms with Crippen molar-refractivity contribution in [1.82, 2.24) is 10.2 Å². The maximum atomic E-state index is 14.4. The lowest BCUT2D eigenvalue weighted by Gasteiger charge is -2.36. The lowest BCUT2D eigenvalue weighted by atomic mass is 9.80. The van der Waals surface area contributed by atoms with Crippen molar-refractivity contribution in [3.63, 3.8) is 0 Å². The van der Waals surface area contributed by atoms with Crippen molar-refractivity contribution in [2.75, 3.05) is 46.6 Å². The van der Waals surface area contributed by atoms with Gasteiger partial charge in [0.1, 0.15) is 24.7 Å². The summed E-state index contributed by atoms with van der Waals surface area (Å²) in [7, 11) is 1.69. The van der Waals surface area contributed by atoms with Crippen LogP contribution in [0.2, 0.25) is 10.0 Å². The molecule has 9 nitrogen and oxygen atoms in total. The summed E-state index contributed by atoms with van der Waals surface area (Å²) >= 11 is 12.6. The zero-order valence-electron chi connectivity index (χ0n) is 28.9. The summed E-state index contributed by atoms with van der Waals surface area (Å²) in [5, 5.41) is 13.4. The number of carbonyl (C=O) groups excluding carboxylic acids is 1. The highest BCUT2D eigenvalue weighted by Crippen LogP contribution is 2.37. The van der Waals surface area contributed by atoms with Gasteiger partial charge >= 0.3 is 5.97 Å². The van der Waals surface area contributed by atoms with Crippen molar-refractivity contribution in [2.45, 2.75) is 70.4 Å². The number of nitrogens with one attached hydrogen (secondary N) is 1. The van der Waals surface area contributed by atoms with Crippen molar-refractivity contribution < 1.29 is 33.6 Å². The number of carboxylic acids is 1. The molecule has 0 spiro atoms. The second-order valence-electron chi connectivity index (χ2n) is 13.2. The number of carboxylic acid groups (broad SMARTS) is 1. The van der Waals surface area contributed by atoms with E-state index in [0.29, 0.717) is 67.5 Å². The average molecular weight is 728 g/mol. The Balaban J connectivity index is 1.23. The number of hydrogen-bond acceptors (Lipinski definition) is 7. The van der Waals surface area contributed by atoms with Crippen LogP contribution in [0, 0.1) is 12.8 Å². The third-order valence-electron chi connectivity index (χ3n) is 9.12. The van der Waals surface area contributed by atoms with Gasteiger partial charge in [-0.1, -0.05) is 41.4 Å². The highest BCUT2D eigenvalue weighted by molar-refractivity contribution is 6.37. The molecule has 270 valence electrons. The van der Waals surface area contributed by atoms with Gasteiger partial charge in [0, 0.05) is 39.3 Å². The van der Waals surface area contributed by atoms with Gasteiger partial charge in [-0.3, -0.25) is 9.59 Å². The van der Waals surface area contributed by atoms with Crippen molar-refractivity contribution >= 4 is 35.1 Å². The molecule has 3 aromatic carbocycles. The molecule has 1 amide bonds. The first-order chi connectivity index (χ1) is 24.2. The van der Waals surface area contributed by atoms with Crippen LogP contribution >= 0.6 is 23.2 Å². The van der Waals surface area contributed by atoms with Crippen LogP contribution in [-0.2, 0) is 27.3 Å². The Morgan fingerprint density at radius 2 is 1.56 bits per heavy atom. The number of methoxy groups -OCH3 is 1. The molecule has 3 aromatic rings. The number of rotatable bonds is 19. The third-order valence-corrected chi connectivity index (χ3v) is 9.68. The number of carbonyl (C=O) groups is 2. The van der Waals surface area contributed by atoms with Gasteiger partial charge in [0.25, 0.3) is 0 Å². The molecule has 1 saturated carbocycles. The molecule has 11 heteroatoms. The second kappa shape index (κ2) is 18.7. The SMILES string of the molecule is COCCCc1cc(CN(C(=O)[C@H]2CNCC[C@@H]2c2ccc(OCCOc3c(Cl)cc(C)cc3Cl)cc2)C2CC2)cc(OCCCC(=O)O)c1. The largest absolute Gasteiger partial charge is 0.494 e. The number of aliphatic carboxylic acids is 1. The molecule has 1 saturated heterocycles. The summed E-state index contributed by atoms with van der Waals surface area (Å²) in [6.07, 6.45) is 5.05. The predicted molar refractivity (Wildman–Crippen MR) is 195 cm³/mol. The smallest absolute Gasteiger partial charge is 0.303 e. The lowest BCUT2D eigenvalue weighted by molar-refractivity contribution is -0.138. The summed E-state index contributed by atoms with van der Waals surface area (Å²) in [6.45, 7) is 5.50. The van der Waals surface area contributed by atoms with Crippen LogP contribution in [0.4, 0.5) is 0 Å². The fraction of sp³-hybridized carbons (Fsp3) is 0.487. The number of piperidine rings is 1. The van der Waals surface area contributed by atoms with E-state index >= 15 is 0 Å². The van der Waals surface area contributed by atoms with Gasteiger partial charge in [0.2, 0.25) is 5.91 Å². The highest BCUT2D eigenvalue weighted by Gasteiger charge is 2.40. The molecule has 5 rings (SSSR count). The van der Waals surface area contributed by atoms with E-state index in [1.54, 1.807) is 7.11 Å². The van der Waals surface area contributed by atoms with Gasteiger partial charge in [-0.25, -0.2) is 0 Å². The quantitative estimate of drug-likeness (QED) is 0.123. The fourth-order valence-electron chi connectivity index (χ4n) is 6.52. The Hall–Kier alpha value is -3.50. The van der Waals surface area contributed by atoms with E-state index < -0.39 is 5.97 Å². The topological polar surface area (TPSA) is 107 Å². The minimum Gasteiger partial charge on any atom is -0.494 e. The van der Waals surface area contributed by atoms with Crippen LogP contribution < -0.4 is 19.5 Å². The first-order valence-corrected chi connectivity index (χ1v) is 18.3. The molecular weight excluding hydrogens is 679 g/mol. The zero-order chi connectivity index (χ0) is 35.5. The maximum absolute atomic E-state index is 14.4. The van der Waals surface area contributed by atoms with Crippen molar-refractivity contribution in [3.05, 3.63) is 86.9 Å². The second-order valence-corrected chi connectivity index (χ2v) is 14.0. The van der Waals surface area contributed by atoms with Crippen LogP contribution in [0.5, 0.6) is 17.2 Å². The summed E-state index contributed by atoms with van der Waals surface area (Å²) < 4.78 is 23.0. The van der Waals surface area contributed by atoms with E-state index in [1.165, 1.54) is 0 Å². The van der Waals surface area contributed by atoms with E-state index in [0.717, 1.165) is 66.7 Å². The average Bonchev–Trinajstić information content (AvgIpc) is 3.94. The molecule has 50 heavy (non-hydrogen) atoms. The molecule has 0 aromatic heterocycles. The molecule has 2 aliphatic rings. The van der Waals surface area contributed by atoms with Gasteiger partial charge in [-0.2, -0.15) is 0 Å². The Morgan fingerprint density at radius 1 is 0.860 bits per heavy atom. The summed E-state index contributed by atoms with van der Waals surface area (Å²) in [4.78, 5) is 27.4. The molecule has 2 atom stereocenters. The summed E-state index contributed by atoms with van der Waals surface area (Å²) in [6, 6.07) is 18.1. The molecular formula is C39H48Cl2N2O7. The first kappa shape index (κ1) is 37.7. The molecule has 1 aliphatic carbocycles. The number of aryl methyl sites for hydroxylation is 2. The van der Waals surface area contributed by atoms with Gasteiger partial charge < -0.3 is 34.3 Å². The number of ether oxygens (including phenoxy) is 4. The number of amides is 1. The Bertz CT molecular complexity index is 1560. The zero-order valence-corrected chi connectivity index (χ0v) is 30.4. The number of hydrogen-bond donors (Lipinski definition) is 2. The van der Waals surface area contributed by atoms with E-state index in [-0.39, 0.29) is 30.2 Å². The van der Waals surface area contributed by atoms with E-state index in [4.69, 9.17) is 47.3 Å². The van der Waals surface area contributed by atoms with Gasteiger partial charge in [0.15, 0.2) is 5.75 Å². The highest BCUT2D eigenvalue weighted by atomic mass is 35.5. The van der Waals surface area contributed by atoms with Crippen molar-refractivity contribution in [2.24, 2.45) is 5.92 Å². The number of nitrogens with zero attached hydrogens (tertiary/aromatic N) is 1. The minimum atomic E-state index is -0.835. The van der Waals surface area contributed by atoms with E-state index in [2.05, 4.69) is 28.4 Å². The lowest BCUT2D eigenvalue weighted by Crippen LogP contribution is -2.47. The number of halogens is 2. The number of benzene rings is 3. The monoisotopic (exact) mass is 726 g/mol. The van der Waals surface area contributed by atoms with Gasteiger partial charge in [-0.05, 0) is 117 Å². The molecule has 1 heterocycles. The van der Waals surface area contributed by atoms with E-state index in [1.807, 2.05) is 43.3 Å². The third kappa shape index (κ3) is 11.0. The van der Waals surface area contributed by atoms with E-state index in [9.17, 15) is 9.59 Å². The first-order valence-electron chi connectivity index (χ1n) is 17.5. The normalized spacial score (nSPS) is 17.3. The Morgan fingerprint density at radius 3 is 2.26 bits per heavy atom. The molecule has 0 unspecified atom stereocenters. The predicted octanol–water partition coefficient (Wildman–Crippen LogP) is 7.47. The van der Waals surface area contributed by atoms with Crippen LogP contribution in [0.3, 0.4) is 0 Å². The molecule has 2 fully saturated rings. The Labute approximate surface area is 305 Å². The molecule has 0 bridgehead atoms. The van der Waals surface area contributed by atoms with Crippen molar-refractivity contribution in [3.8, 4) is 17.2 Å².